The van der Waals surface area contributed by atoms with E-state index in [1.807, 2.05) is 30.3 Å². The second-order valence-corrected chi connectivity index (χ2v) is 9.19. The first-order chi connectivity index (χ1) is 16.0. The quantitative estimate of drug-likeness (QED) is 0.319. The average Bonchev–Trinajstić information content (AvgIpc) is 3.24. The van der Waals surface area contributed by atoms with Crippen molar-refractivity contribution in [3.8, 4) is 11.5 Å². The number of rotatable bonds is 8. The number of thioether (sulfide) groups is 1. The minimum atomic E-state index is -1.15. The highest BCUT2D eigenvalue weighted by atomic mass is 32.2. The number of carbonyl (C=O) groups excluding carboxylic acids is 1. The summed E-state index contributed by atoms with van der Waals surface area (Å²) >= 11 is 3.11. The van der Waals surface area contributed by atoms with Crippen LogP contribution in [0.1, 0.15) is 26.3 Å². The molecule has 0 saturated carbocycles. The Balaban J connectivity index is 1.50. The molecule has 33 heavy (non-hydrogen) atoms. The first-order valence-electron chi connectivity index (χ1n) is 9.86. The van der Waals surface area contributed by atoms with Gasteiger partial charge in [0.25, 0.3) is 5.91 Å². The number of hydrogen-bond acceptors (Lipinski definition) is 7. The summed E-state index contributed by atoms with van der Waals surface area (Å²) in [5.74, 6) is 0.594. The van der Waals surface area contributed by atoms with Crippen LogP contribution < -0.4 is 14.8 Å². The Kier molecular flexibility index (Phi) is 6.81. The van der Waals surface area contributed by atoms with Gasteiger partial charge in [-0.1, -0.05) is 23.9 Å². The maximum atomic E-state index is 12.6. The highest BCUT2D eigenvalue weighted by Gasteiger charge is 2.16. The molecule has 0 unspecified atom stereocenters. The van der Waals surface area contributed by atoms with Gasteiger partial charge in [0.1, 0.15) is 11.5 Å². The maximum Gasteiger partial charge on any atom is 0.336 e. The number of nitrogens with zero attached hydrogens (tertiary/aromatic N) is 1. The molecule has 0 fully saturated rings. The fourth-order valence-electron chi connectivity index (χ4n) is 3.24. The second kappa shape index (κ2) is 9.93. The zero-order chi connectivity index (χ0) is 23.4. The Morgan fingerprint density at radius 2 is 1.82 bits per heavy atom. The van der Waals surface area contributed by atoms with E-state index in [2.05, 4.69) is 10.3 Å². The maximum absolute atomic E-state index is 12.6. The van der Waals surface area contributed by atoms with E-state index >= 15 is 0 Å². The molecule has 0 saturated heterocycles. The highest BCUT2D eigenvalue weighted by Crippen LogP contribution is 2.35. The Bertz CT molecular complexity index is 1340. The molecule has 168 valence electrons. The van der Waals surface area contributed by atoms with Crippen molar-refractivity contribution in [1.29, 1.82) is 0 Å². The van der Waals surface area contributed by atoms with E-state index in [1.165, 1.54) is 23.5 Å². The third-order valence-corrected chi connectivity index (χ3v) is 7.08. The number of methoxy groups -OCH3 is 2. The number of benzene rings is 3. The number of ether oxygens (including phenoxy) is 2. The molecule has 4 aromatic rings. The van der Waals surface area contributed by atoms with Gasteiger partial charge in [0, 0.05) is 17.0 Å². The molecule has 0 aliphatic heterocycles. The number of amides is 1. The van der Waals surface area contributed by atoms with E-state index in [1.54, 1.807) is 44.2 Å². The molecule has 1 aromatic heterocycles. The molecule has 0 bridgehead atoms. The van der Waals surface area contributed by atoms with Gasteiger partial charge in [-0.15, -0.1) is 11.3 Å². The summed E-state index contributed by atoms with van der Waals surface area (Å²) in [5, 5.41) is 12.1. The van der Waals surface area contributed by atoms with Gasteiger partial charge in [0.2, 0.25) is 0 Å². The molecule has 0 radical (unpaired) electrons. The Labute approximate surface area is 198 Å². The molecule has 2 N–H and O–H groups in total. The number of carboxylic acid groups (broad SMARTS) is 1. The predicted octanol–water partition coefficient (Wildman–Crippen LogP) is 5.56. The minimum Gasteiger partial charge on any atom is -0.497 e. The third-order valence-electron chi connectivity index (χ3n) is 4.87. The van der Waals surface area contributed by atoms with Gasteiger partial charge in [-0.3, -0.25) is 4.79 Å². The summed E-state index contributed by atoms with van der Waals surface area (Å²) in [7, 11) is 3.27. The molecule has 0 aliphatic carbocycles. The molecule has 3 aromatic carbocycles. The van der Waals surface area contributed by atoms with Crippen molar-refractivity contribution in [3.05, 3.63) is 77.4 Å². The van der Waals surface area contributed by atoms with Crippen LogP contribution in [0.4, 0.5) is 5.69 Å². The summed E-state index contributed by atoms with van der Waals surface area (Å²) in [6.07, 6.45) is 0. The van der Waals surface area contributed by atoms with Crippen molar-refractivity contribution in [1.82, 2.24) is 4.98 Å². The molecule has 1 amide bonds. The number of nitrogens with one attached hydrogen (secondary N) is 1. The molecule has 0 spiro atoms. The van der Waals surface area contributed by atoms with Gasteiger partial charge < -0.3 is 19.9 Å². The van der Waals surface area contributed by atoms with Crippen LogP contribution in [0.3, 0.4) is 0 Å². The molecular formula is C24H20N2O5S2. The average molecular weight is 481 g/mol. The molecule has 4 rings (SSSR count). The van der Waals surface area contributed by atoms with Gasteiger partial charge in [-0.25, -0.2) is 9.78 Å². The van der Waals surface area contributed by atoms with E-state index in [0.29, 0.717) is 11.4 Å². The lowest BCUT2D eigenvalue weighted by Gasteiger charge is -2.09. The van der Waals surface area contributed by atoms with Crippen molar-refractivity contribution in [2.75, 3.05) is 19.5 Å². The van der Waals surface area contributed by atoms with E-state index in [4.69, 9.17) is 9.47 Å². The Morgan fingerprint density at radius 1 is 1.03 bits per heavy atom. The van der Waals surface area contributed by atoms with Crippen LogP contribution in [-0.2, 0) is 5.75 Å². The molecule has 9 heteroatoms. The fourth-order valence-corrected chi connectivity index (χ4v) is 5.33. The lowest BCUT2D eigenvalue weighted by Crippen LogP contribution is -2.16. The Morgan fingerprint density at radius 3 is 2.55 bits per heavy atom. The first kappa shape index (κ1) is 22.6. The summed E-state index contributed by atoms with van der Waals surface area (Å²) in [4.78, 5) is 28.7. The number of thiazole rings is 1. The van der Waals surface area contributed by atoms with E-state index in [-0.39, 0.29) is 11.1 Å². The number of fused-ring (bicyclic) bond motifs is 1. The number of aromatic nitrogens is 1. The molecule has 0 atom stereocenters. The minimum absolute atomic E-state index is 0.0412. The highest BCUT2D eigenvalue weighted by molar-refractivity contribution is 8.00. The van der Waals surface area contributed by atoms with Crippen LogP contribution in [0.5, 0.6) is 11.5 Å². The number of aromatic carboxylic acids is 1. The van der Waals surface area contributed by atoms with Crippen LogP contribution in [0.15, 0.2) is 65.0 Å². The van der Waals surface area contributed by atoms with Crippen LogP contribution in [-0.4, -0.2) is 36.2 Å². The smallest absolute Gasteiger partial charge is 0.336 e. The molecular weight excluding hydrogens is 460 g/mol. The van der Waals surface area contributed by atoms with E-state index in [0.717, 1.165) is 31.6 Å². The zero-order valence-electron chi connectivity index (χ0n) is 17.8. The third kappa shape index (κ3) is 5.10. The zero-order valence-corrected chi connectivity index (χ0v) is 19.5. The molecule has 1 heterocycles. The number of carboxylic acids is 1. The molecule has 7 nitrogen and oxygen atoms in total. The van der Waals surface area contributed by atoms with Crippen molar-refractivity contribution in [2.24, 2.45) is 0 Å². The number of anilines is 1. The van der Waals surface area contributed by atoms with Crippen LogP contribution in [0.2, 0.25) is 0 Å². The lowest BCUT2D eigenvalue weighted by molar-refractivity contribution is 0.0692. The van der Waals surface area contributed by atoms with Gasteiger partial charge in [-0.05, 0) is 48.5 Å². The van der Waals surface area contributed by atoms with E-state index < -0.39 is 11.9 Å². The normalized spacial score (nSPS) is 10.7. The summed E-state index contributed by atoms with van der Waals surface area (Å²) in [6, 6.07) is 17.2. The molecule has 0 aliphatic rings. The number of hydrogen-bond donors (Lipinski definition) is 2. The van der Waals surface area contributed by atoms with Crippen LogP contribution in [0, 0.1) is 0 Å². The summed E-state index contributed by atoms with van der Waals surface area (Å²) < 4.78 is 12.5. The summed E-state index contributed by atoms with van der Waals surface area (Å²) in [6.45, 7) is 0. The fraction of sp³-hybridized carbons (Fsp3) is 0.125. The predicted molar refractivity (Wildman–Crippen MR) is 130 cm³/mol. The lowest BCUT2D eigenvalue weighted by atomic mass is 10.1. The standard InChI is InChI=1S/C24H20N2O5S2/c1-30-16-8-10-20(31-2)14(11-16)13-32-24-26-19-9-7-15(12-21(19)33-24)25-22(27)17-5-3-4-6-18(17)23(28)29/h3-12H,13H2,1-2H3,(H,25,27)(H,28,29). The van der Waals surface area contributed by atoms with Crippen molar-refractivity contribution in [3.63, 3.8) is 0 Å². The summed E-state index contributed by atoms with van der Waals surface area (Å²) in [5.41, 5.74) is 2.47. The number of carbonyl (C=O) groups is 2. The van der Waals surface area contributed by atoms with Crippen LogP contribution >= 0.6 is 23.1 Å². The van der Waals surface area contributed by atoms with Gasteiger partial charge in [0.15, 0.2) is 4.34 Å². The van der Waals surface area contributed by atoms with E-state index in [9.17, 15) is 14.7 Å². The van der Waals surface area contributed by atoms with Crippen molar-refractivity contribution >= 4 is 50.9 Å². The largest absolute Gasteiger partial charge is 0.497 e. The van der Waals surface area contributed by atoms with Gasteiger partial charge in [-0.2, -0.15) is 0 Å². The van der Waals surface area contributed by atoms with Crippen molar-refractivity contribution < 1.29 is 24.2 Å². The van der Waals surface area contributed by atoms with Crippen molar-refractivity contribution in [2.45, 2.75) is 10.1 Å². The first-order valence-corrected chi connectivity index (χ1v) is 11.7. The monoisotopic (exact) mass is 480 g/mol. The Hall–Kier alpha value is -3.56. The van der Waals surface area contributed by atoms with Gasteiger partial charge >= 0.3 is 5.97 Å². The van der Waals surface area contributed by atoms with Crippen LogP contribution in [0.25, 0.3) is 10.2 Å². The SMILES string of the molecule is COc1ccc(OC)c(CSc2nc3ccc(NC(=O)c4ccccc4C(=O)O)cc3s2)c1. The second-order valence-electron chi connectivity index (χ2n) is 6.93. The topological polar surface area (TPSA) is 97.8 Å². The van der Waals surface area contributed by atoms with Gasteiger partial charge in [0.05, 0.1) is 35.6 Å².